The molecule has 0 bridgehead atoms. The Hall–Kier alpha value is -2.06. The maximum absolute atomic E-state index is 13.4. The minimum Gasteiger partial charge on any atom is -0.358 e. The number of carbonyl (C=O) groups is 1. The highest BCUT2D eigenvalue weighted by Crippen LogP contribution is 2.19. The monoisotopic (exact) mass is 296 g/mol. The molecule has 0 saturated carbocycles. The number of likely N-dealkylation sites (N-methyl/N-ethyl adjacent to an activating group) is 1. The van der Waals surface area contributed by atoms with Crippen LogP contribution in [0.25, 0.3) is 0 Å². The molecule has 0 spiro atoms. The van der Waals surface area contributed by atoms with E-state index in [1.807, 2.05) is 4.90 Å². The first-order valence-corrected chi connectivity index (χ1v) is 6.61. The Bertz CT molecular complexity index is 552. The molecule has 21 heavy (non-hydrogen) atoms. The number of nitrogens with one attached hydrogen (secondary N) is 2. The molecule has 2 N–H and O–H groups in total. The number of nitrogens with zero attached hydrogens (tertiary/aromatic N) is 2. The van der Waals surface area contributed by atoms with Crippen molar-refractivity contribution < 1.29 is 14.1 Å². The third-order valence-corrected chi connectivity index (χ3v) is 3.44. The summed E-state index contributed by atoms with van der Waals surface area (Å²) in [4.78, 5) is 23.9. The van der Waals surface area contributed by atoms with Gasteiger partial charge >= 0.3 is 0 Å². The highest BCUT2D eigenvalue weighted by atomic mass is 19.1. The molecule has 0 aromatic heterocycles. The molecule has 1 fully saturated rings. The molecule has 2 rings (SSSR count). The van der Waals surface area contributed by atoms with Gasteiger partial charge in [-0.2, -0.15) is 0 Å². The molecule has 8 heteroatoms. The fraction of sp³-hybridized carbons (Fsp3) is 0.462. The zero-order chi connectivity index (χ0) is 15.4. The molecule has 114 valence electrons. The predicted octanol–water partition coefficient (Wildman–Crippen LogP) is 0.254. The molecule has 1 aliphatic rings. The van der Waals surface area contributed by atoms with Crippen LogP contribution in [-0.4, -0.2) is 48.5 Å². The second-order valence-corrected chi connectivity index (χ2v) is 4.88. The molecule has 1 aliphatic heterocycles. The smallest absolute Gasteiger partial charge is 0.272 e. The number of nitro groups is 1. The normalized spacial score (nSPS) is 19.2. The number of rotatable bonds is 4. The number of piperazine rings is 1. The van der Waals surface area contributed by atoms with Gasteiger partial charge in [0.25, 0.3) is 5.69 Å². The van der Waals surface area contributed by atoms with Crippen molar-refractivity contribution in [3.05, 3.63) is 39.7 Å². The fourth-order valence-corrected chi connectivity index (χ4v) is 2.43. The van der Waals surface area contributed by atoms with Crippen LogP contribution in [0.5, 0.6) is 0 Å². The van der Waals surface area contributed by atoms with Gasteiger partial charge < -0.3 is 10.6 Å². The summed E-state index contributed by atoms with van der Waals surface area (Å²) in [6.07, 6.45) is 0. The molecule has 1 aromatic carbocycles. The number of non-ortho nitro benzene ring substituents is 1. The first kappa shape index (κ1) is 15.3. The standard InChI is InChI=1S/C13H17FN4O3/c1-15-13(19)12-7-16-2-3-17(12)8-9-4-10(14)6-11(5-9)18(20)21/h4-6,12,16H,2-3,7-8H2,1H3,(H,15,19). The van der Waals surface area contributed by atoms with Crippen molar-refractivity contribution in [1.82, 2.24) is 15.5 Å². The van der Waals surface area contributed by atoms with E-state index in [1.54, 1.807) is 7.05 Å². The predicted molar refractivity (Wildman–Crippen MR) is 74.2 cm³/mol. The molecule has 1 atom stereocenters. The summed E-state index contributed by atoms with van der Waals surface area (Å²) >= 11 is 0. The van der Waals surface area contributed by atoms with Gasteiger partial charge in [0.1, 0.15) is 11.9 Å². The summed E-state index contributed by atoms with van der Waals surface area (Å²) in [5, 5.41) is 16.5. The molecular weight excluding hydrogens is 279 g/mol. The van der Waals surface area contributed by atoms with E-state index >= 15 is 0 Å². The number of hydrogen-bond donors (Lipinski definition) is 2. The van der Waals surface area contributed by atoms with Gasteiger partial charge in [0.2, 0.25) is 5.91 Å². The Kier molecular flexibility index (Phi) is 4.81. The van der Waals surface area contributed by atoms with Crippen LogP contribution in [0.3, 0.4) is 0 Å². The number of amides is 1. The van der Waals surface area contributed by atoms with Crippen LogP contribution in [0.2, 0.25) is 0 Å². The lowest BCUT2D eigenvalue weighted by molar-refractivity contribution is -0.385. The van der Waals surface area contributed by atoms with E-state index in [0.29, 0.717) is 31.7 Å². The van der Waals surface area contributed by atoms with Crippen LogP contribution in [0.4, 0.5) is 10.1 Å². The Morgan fingerprint density at radius 3 is 3.00 bits per heavy atom. The van der Waals surface area contributed by atoms with Gasteiger partial charge in [-0.25, -0.2) is 4.39 Å². The molecular formula is C13H17FN4O3. The third kappa shape index (κ3) is 3.73. The van der Waals surface area contributed by atoms with Crippen molar-refractivity contribution in [3.63, 3.8) is 0 Å². The second-order valence-electron chi connectivity index (χ2n) is 4.88. The van der Waals surface area contributed by atoms with E-state index in [2.05, 4.69) is 10.6 Å². The van der Waals surface area contributed by atoms with Crippen molar-refractivity contribution in [2.45, 2.75) is 12.6 Å². The minimum absolute atomic E-state index is 0.131. The van der Waals surface area contributed by atoms with E-state index in [-0.39, 0.29) is 17.6 Å². The Labute approximate surface area is 121 Å². The van der Waals surface area contributed by atoms with Crippen LogP contribution < -0.4 is 10.6 Å². The zero-order valence-corrected chi connectivity index (χ0v) is 11.6. The highest BCUT2D eigenvalue weighted by molar-refractivity contribution is 5.81. The number of carbonyl (C=O) groups excluding carboxylic acids is 1. The largest absolute Gasteiger partial charge is 0.358 e. The Morgan fingerprint density at radius 1 is 1.57 bits per heavy atom. The molecule has 0 aliphatic carbocycles. The van der Waals surface area contributed by atoms with Crippen LogP contribution in [-0.2, 0) is 11.3 Å². The summed E-state index contributed by atoms with van der Waals surface area (Å²) < 4.78 is 13.4. The van der Waals surface area contributed by atoms with Crippen molar-refractivity contribution in [1.29, 1.82) is 0 Å². The summed E-state index contributed by atoms with van der Waals surface area (Å²) in [7, 11) is 1.56. The Morgan fingerprint density at radius 2 is 2.33 bits per heavy atom. The van der Waals surface area contributed by atoms with Crippen LogP contribution >= 0.6 is 0 Å². The second kappa shape index (κ2) is 6.59. The maximum Gasteiger partial charge on any atom is 0.272 e. The summed E-state index contributed by atoms with van der Waals surface area (Å²) in [6.45, 7) is 2.11. The first-order chi connectivity index (χ1) is 10.0. The third-order valence-electron chi connectivity index (χ3n) is 3.44. The molecule has 1 saturated heterocycles. The van der Waals surface area contributed by atoms with E-state index in [9.17, 15) is 19.3 Å². The molecule has 0 radical (unpaired) electrons. The first-order valence-electron chi connectivity index (χ1n) is 6.61. The van der Waals surface area contributed by atoms with E-state index in [4.69, 9.17) is 0 Å². The summed E-state index contributed by atoms with van der Waals surface area (Å²) in [5.74, 6) is -0.779. The topological polar surface area (TPSA) is 87.5 Å². The van der Waals surface area contributed by atoms with Crippen molar-refractivity contribution in [2.75, 3.05) is 26.7 Å². The number of benzene rings is 1. The molecule has 1 aromatic rings. The SMILES string of the molecule is CNC(=O)C1CNCCN1Cc1cc(F)cc([N+](=O)[O-])c1. The molecule has 1 heterocycles. The van der Waals surface area contributed by atoms with Gasteiger partial charge in [-0.05, 0) is 11.6 Å². The fourth-order valence-electron chi connectivity index (χ4n) is 2.43. The molecule has 7 nitrogen and oxygen atoms in total. The lowest BCUT2D eigenvalue weighted by Crippen LogP contribution is -2.56. The van der Waals surface area contributed by atoms with Gasteiger partial charge in [-0.15, -0.1) is 0 Å². The van der Waals surface area contributed by atoms with Gasteiger partial charge in [0.05, 0.1) is 11.0 Å². The number of nitro benzene ring substituents is 1. The maximum atomic E-state index is 13.4. The molecule has 1 amide bonds. The lowest BCUT2D eigenvalue weighted by atomic mass is 10.1. The highest BCUT2D eigenvalue weighted by Gasteiger charge is 2.28. The van der Waals surface area contributed by atoms with Gasteiger partial charge in [-0.3, -0.25) is 19.8 Å². The lowest BCUT2D eigenvalue weighted by Gasteiger charge is -2.34. The minimum atomic E-state index is -0.647. The van der Waals surface area contributed by atoms with Crippen molar-refractivity contribution in [3.8, 4) is 0 Å². The summed E-state index contributed by atoms with van der Waals surface area (Å²) in [5.41, 5.74) is 0.203. The van der Waals surface area contributed by atoms with Gasteiger partial charge in [0, 0.05) is 39.3 Å². The van der Waals surface area contributed by atoms with Crippen LogP contribution in [0.1, 0.15) is 5.56 Å². The van der Waals surface area contributed by atoms with E-state index in [1.165, 1.54) is 12.1 Å². The number of halogens is 1. The van der Waals surface area contributed by atoms with E-state index in [0.717, 1.165) is 6.07 Å². The zero-order valence-electron chi connectivity index (χ0n) is 11.6. The van der Waals surface area contributed by atoms with Crippen LogP contribution in [0, 0.1) is 15.9 Å². The Balaban J connectivity index is 2.19. The van der Waals surface area contributed by atoms with E-state index < -0.39 is 10.7 Å². The van der Waals surface area contributed by atoms with Crippen LogP contribution in [0.15, 0.2) is 18.2 Å². The van der Waals surface area contributed by atoms with Gasteiger partial charge in [-0.1, -0.05) is 0 Å². The number of hydrogen-bond acceptors (Lipinski definition) is 5. The van der Waals surface area contributed by atoms with Crippen molar-refractivity contribution >= 4 is 11.6 Å². The molecule has 1 unspecified atom stereocenters. The quantitative estimate of drug-likeness (QED) is 0.614. The summed E-state index contributed by atoms with van der Waals surface area (Å²) in [6, 6.07) is 3.12. The average molecular weight is 296 g/mol. The van der Waals surface area contributed by atoms with Crippen molar-refractivity contribution in [2.24, 2.45) is 0 Å². The van der Waals surface area contributed by atoms with Gasteiger partial charge in [0.15, 0.2) is 0 Å². The average Bonchev–Trinajstić information content (AvgIpc) is 2.46.